The molecule has 104 valence electrons. The van der Waals surface area contributed by atoms with Crippen LogP contribution in [0.1, 0.15) is 33.1 Å². The molecule has 1 saturated heterocycles. The van der Waals surface area contributed by atoms with Crippen LogP contribution in [0.15, 0.2) is 35.2 Å². The van der Waals surface area contributed by atoms with Crippen molar-refractivity contribution in [1.82, 2.24) is 4.90 Å². The minimum atomic E-state index is 0.0100. The van der Waals surface area contributed by atoms with Crippen molar-refractivity contribution in [3.63, 3.8) is 0 Å². The molecule has 19 heavy (non-hydrogen) atoms. The van der Waals surface area contributed by atoms with Gasteiger partial charge in [-0.3, -0.25) is 4.79 Å². The van der Waals surface area contributed by atoms with Crippen molar-refractivity contribution in [3.8, 4) is 0 Å². The number of rotatable bonds is 3. The third-order valence-electron chi connectivity index (χ3n) is 3.73. The topological polar surface area (TPSA) is 20.3 Å². The maximum atomic E-state index is 12.5. The number of hydrogen-bond donors (Lipinski definition) is 0. The summed E-state index contributed by atoms with van der Waals surface area (Å²) in [5.41, 5.74) is 0. The van der Waals surface area contributed by atoms with Crippen LogP contribution in [0.3, 0.4) is 0 Å². The average Bonchev–Trinajstić information content (AvgIpc) is 2.64. The second-order valence-corrected chi connectivity index (χ2v) is 6.85. The third-order valence-corrected chi connectivity index (χ3v) is 4.83. The Balaban J connectivity index is 1.91. The highest BCUT2D eigenvalue weighted by atomic mass is 32.2. The van der Waals surface area contributed by atoms with E-state index in [-0.39, 0.29) is 5.25 Å². The van der Waals surface area contributed by atoms with Gasteiger partial charge in [0.1, 0.15) is 0 Å². The quantitative estimate of drug-likeness (QED) is 0.783. The molecule has 2 unspecified atom stereocenters. The first-order valence-electron chi connectivity index (χ1n) is 7.17. The lowest BCUT2D eigenvalue weighted by molar-refractivity contribution is -0.130. The number of likely N-dealkylation sites (tertiary alicyclic amines) is 1. The zero-order valence-corrected chi connectivity index (χ0v) is 12.7. The monoisotopic (exact) mass is 277 g/mol. The van der Waals surface area contributed by atoms with E-state index >= 15 is 0 Å². The van der Waals surface area contributed by atoms with Gasteiger partial charge in [-0.25, -0.2) is 0 Å². The van der Waals surface area contributed by atoms with Gasteiger partial charge in [-0.2, -0.15) is 0 Å². The maximum Gasteiger partial charge on any atom is 0.235 e. The highest BCUT2D eigenvalue weighted by Gasteiger charge is 2.23. The Morgan fingerprint density at radius 1 is 1.26 bits per heavy atom. The zero-order chi connectivity index (χ0) is 13.7. The van der Waals surface area contributed by atoms with E-state index in [4.69, 9.17) is 0 Å². The Morgan fingerprint density at radius 3 is 2.74 bits per heavy atom. The number of hydrogen-bond acceptors (Lipinski definition) is 2. The SMILES string of the molecule is CC1CCCN(C(=O)C(C)Sc2ccccc2)CC1. The van der Waals surface area contributed by atoms with E-state index in [1.54, 1.807) is 11.8 Å². The molecule has 2 nitrogen and oxygen atoms in total. The van der Waals surface area contributed by atoms with E-state index in [0.717, 1.165) is 31.8 Å². The van der Waals surface area contributed by atoms with E-state index in [9.17, 15) is 4.79 Å². The van der Waals surface area contributed by atoms with Gasteiger partial charge in [-0.1, -0.05) is 25.1 Å². The fourth-order valence-electron chi connectivity index (χ4n) is 2.49. The maximum absolute atomic E-state index is 12.5. The molecule has 0 aromatic heterocycles. The predicted molar refractivity (Wildman–Crippen MR) is 81.4 cm³/mol. The van der Waals surface area contributed by atoms with Gasteiger partial charge in [-0.05, 0) is 44.2 Å². The summed E-state index contributed by atoms with van der Waals surface area (Å²) < 4.78 is 0. The summed E-state index contributed by atoms with van der Waals surface area (Å²) in [6, 6.07) is 10.2. The Kier molecular flexibility index (Phi) is 5.32. The van der Waals surface area contributed by atoms with Crippen LogP contribution in [0.5, 0.6) is 0 Å². The lowest BCUT2D eigenvalue weighted by atomic mass is 10.0. The van der Waals surface area contributed by atoms with Crippen molar-refractivity contribution >= 4 is 17.7 Å². The molecule has 0 radical (unpaired) electrons. The molecule has 0 aliphatic carbocycles. The number of benzene rings is 1. The first kappa shape index (κ1) is 14.4. The molecule has 3 heteroatoms. The number of thioether (sulfide) groups is 1. The van der Waals surface area contributed by atoms with Crippen LogP contribution in [0.25, 0.3) is 0 Å². The van der Waals surface area contributed by atoms with E-state index in [1.807, 2.05) is 25.1 Å². The summed E-state index contributed by atoms with van der Waals surface area (Å²) in [5, 5.41) is 0.0100. The van der Waals surface area contributed by atoms with E-state index in [0.29, 0.717) is 5.91 Å². The summed E-state index contributed by atoms with van der Waals surface area (Å²) in [6.07, 6.45) is 3.55. The van der Waals surface area contributed by atoms with Gasteiger partial charge >= 0.3 is 0 Å². The van der Waals surface area contributed by atoms with Gasteiger partial charge in [0.15, 0.2) is 0 Å². The molecular formula is C16H23NOS. The molecule has 0 spiro atoms. The fraction of sp³-hybridized carbons (Fsp3) is 0.562. The molecule has 0 N–H and O–H groups in total. The molecule has 1 heterocycles. The van der Waals surface area contributed by atoms with Crippen molar-refractivity contribution in [2.24, 2.45) is 5.92 Å². The molecular weight excluding hydrogens is 254 g/mol. The van der Waals surface area contributed by atoms with Crippen LogP contribution in [0.4, 0.5) is 0 Å². The van der Waals surface area contributed by atoms with Crippen molar-refractivity contribution in [1.29, 1.82) is 0 Å². The van der Waals surface area contributed by atoms with Crippen molar-refractivity contribution in [2.45, 2.75) is 43.3 Å². The van der Waals surface area contributed by atoms with E-state index in [2.05, 4.69) is 24.0 Å². The van der Waals surface area contributed by atoms with Crippen LogP contribution in [-0.2, 0) is 4.79 Å². The summed E-state index contributed by atoms with van der Waals surface area (Å²) in [7, 11) is 0. The standard InChI is InChI=1S/C16H23NOS/c1-13-7-6-11-17(12-10-13)16(18)14(2)19-15-8-4-3-5-9-15/h3-5,8-9,13-14H,6-7,10-12H2,1-2H3. The largest absolute Gasteiger partial charge is 0.342 e. The molecule has 1 aromatic rings. The van der Waals surface area contributed by atoms with Crippen molar-refractivity contribution in [2.75, 3.05) is 13.1 Å². The highest BCUT2D eigenvalue weighted by Crippen LogP contribution is 2.25. The van der Waals surface area contributed by atoms with Gasteiger partial charge in [0, 0.05) is 18.0 Å². The fourth-order valence-corrected chi connectivity index (χ4v) is 3.47. The molecule has 0 bridgehead atoms. The second kappa shape index (κ2) is 6.99. The van der Waals surface area contributed by atoms with Crippen LogP contribution < -0.4 is 0 Å². The van der Waals surface area contributed by atoms with Crippen LogP contribution in [0.2, 0.25) is 0 Å². The van der Waals surface area contributed by atoms with Gasteiger partial charge in [0.2, 0.25) is 5.91 Å². The minimum Gasteiger partial charge on any atom is -0.342 e. The predicted octanol–water partition coefficient (Wildman–Crippen LogP) is 3.82. The van der Waals surface area contributed by atoms with E-state index < -0.39 is 0 Å². The number of nitrogens with zero attached hydrogens (tertiary/aromatic N) is 1. The molecule has 0 saturated carbocycles. The smallest absolute Gasteiger partial charge is 0.235 e. The Morgan fingerprint density at radius 2 is 2.00 bits per heavy atom. The molecule has 2 atom stereocenters. The van der Waals surface area contributed by atoms with Crippen LogP contribution >= 0.6 is 11.8 Å². The zero-order valence-electron chi connectivity index (χ0n) is 11.8. The van der Waals surface area contributed by atoms with Crippen LogP contribution in [0, 0.1) is 5.92 Å². The Hall–Kier alpha value is -0.960. The first-order valence-corrected chi connectivity index (χ1v) is 8.05. The normalized spacial score (nSPS) is 21.8. The molecule has 1 aliphatic heterocycles. The second-order valence-electron chi connectivity index (χ2n) is 5.43. The summed E-state index contributed by atoms with van der Waals surface area (Å²) in [4.78, 5) is 15.7. The molecule has 1 fully saturated rings. The van der Waals surface area contributed by atoms with Gasteiger partial charge in [-0.15, -0.1) is 11.8 Å². The highest BCUT2D eigenvalue weighted by molar-refractivity contribution is 8.00. The number of amides is 1. The third kappa shape index (κ3) is 4.27. The lowest BCUT2D eigenvalue weighted by Crippen LogP contribution is -2.37. The Bertz CT molecular complexity index is 406. The first-order chi connectivity index (χ1) is 9.16. The van der Waals surface area contributed by atoms with Gasteiger partial charge in [0.25, 0.3) is 0 Å². The molecule has 1 aliphatic rings. The summed E-state index contributed by atoms with van der Waals surface area (Å²) in [5.74, 6) is 1.05. The Labute approximate surface area is 120 Å². The molecule has 1 amide bonds. The molecule has 2 rings (SSSR count). The lowest BCUT2D eigenvalue weighted by Gasteiger charge is -2.24. The van der Waals surface area contributed by atoms with Crippen LogP contribution in [-0.4, -0.2) is 29.1 Å². The van der Waals surface area contributed by atoms with Gasteiger partial charge in [0.05, 0.1) is 5.25 Å². The summed E-state index contributed by atoms with van der Waals surface area (Å²) in [6.45, 7) is 6.17. The minimum absolute atomic E-state index is 0.0100. The van der Waals surface area contributed by atoms with Crippen molar-refractivity contribution in [3.05, 3.63) is 30.3 Å². The van der Waals surface area contributed by atoms with Gasteiger partial charge < -0.3 is 4.90 Å². The molecule has 1 aromatic carbocycles. The number of carbonyl (C=O) groups is 1. The van der Waals surface area contributed by atoms with Crippen molar-refractivity contribution < 1.29 is 4.79 Å². The average molecular weight is 277 g/mol. The number of carbonyl (C=O) groups excluding carboxylic acids is 1. The summed E-state index contributed by atoms with van der Waals surface area (Å²) >= 11 is 1.66. The van der Waals surface area contributed by atoms with E-state index in [1.165, 1.54) is 11.3 Å².